The molecule has 0 aliphatic carbocycles. The summed E-state index contributed by atoms with van der Waals surface area (Å²) < 4.78 is 5.27. The number of methoxy groups -OCH3 is 1. The molecular formula is C11H18N4OS. The highest BCUT2D eigenvalue weighted by molar-refractivity contribution is 7.80. The van der Waals surface area contributed by atoms with Crippen LogP contribution < -0.4 is 15.8 Å². The van der Waals surface area contributed by atoms with E-state index in [9.17, 15) is 0 Å². The number of unbranched alkanes of at least 4 members (excludes halogenated alkanes) is 1. The van der Waals surface area contributed by atoms with Gasteiger partial charge in [-0.3, -0.25) is 0 Å². The normalized spacial score (nSPS) is 10.1. The van der Waals surface area contributed by atoms with E-state index in [0.717, 1.165) is 30.5 Å². The zero-order chi connectivity index (χ0) is 12.8. The van der Waals surface area contributed by atoms with E-state index in [4.69, 9.17) is 22.7 Å². The summed E-state index contributed by atoms with van der Waals surface area (Å²) in [5, 5.41) is 2.86. The number of nitrogens with one attached hydrogen (secondary N) is 1. The van der Waals surface area contributed by atoms with Crippen LogP contribution in [0.1, 0.15) is 31.0 Å². The van der Waals surface area contributed by atoms with Gasteiger partial charge in [-0.2, -0.15) is 4.98 Å². The predicted molar refractivity (Wildman–Crippen MR) is 72.3 cm³/mol. The number of rotatable bonds is 5. The van der Waals surface area contributed by atoms with Crippen LogP contribution in [0.2, 0.25) is 0 Å². The van der Waals surface area contributed by atoms with E-state index >= 15 is 0 Å². The lowest BCUT2D eigenvalue weighted by atomic mass is 10.1. The van der Waals surface area contributed by atoms with Crippen molar-refractivity contribution in [3.8, 4) is 5.88 Å². The minimum atomic E-state index is 0.146. The summed E-state index contributed by atoms with van der Waals surface area (Å²) in [6.45, 7) is 4.07. The first-order valence-electron chi connectivity index (χ1n) is 5.56. The van der Waals surface area contributed by atoms with Gasteiger partial charge in [-0.25, -0.2) is 4.98 Å². The summed E-state index contributed by atoms with van der Waals surface area (Å²) in [6, 6.07) is 0. The summed E-state index contributed by atoms with van der Waals surface area (Å²) in [5.41, 5.74) is 7.32. The Morgan fingerprint density at radius 1 is 1.47 bits per heavy atom. The number of nitrogens with two attached hydrogens (primary N) is 1. The third-order valence-corrected chi connectivity index (χ3v) is 2.49. The van der Waals surface area contributed by atoms with Crippen molar-refractivity contribution in [1.82, 2.24) is 9.97 Å². The largest absolute Gasteiger partial charge is 0.481 e. The third kappa shape index (κ3) is 3.81. The van der Waals surface area contributed by atoms with Crippen LogP contribution in [0.5, 0.6) is 5.88 Å². The summed E-state index contributed by atoms with van der Waals surface area (Å²) >= 11 is 4.75. The van der Waals surface area contributed by atoms with Crippen LogP contribution in [0.25, 0.3) is 0 Å². The molecule has 0 spiro atoms. The first kappa shape index (κ1) is 13.6. The van der Waals surface area contributed by atoms with Gasteiger partial charge in [0.1, 0.15) is 0 Å². The van der Waals surface area contributed by atoms with E-state index < -0.39 is 0 Å². The van der Waals surface area contributed by atoms with E-state index in [2.05, 4.69) is 22.2 Å². The number of anilines is 1. The number of aromatic nitrogens is 2. The van der Waals surface area contributed by atoms with Crippen molar-refractivity contribution in [3.63, 3.8) is 0 Å². The van der Waals surface area contributed by atoms with Gasteiger partial charge in [0.25, 0.3) is 0 Å². The van der Waals surface area contributed by atoms with Gasteiger partial charge in [-0.05, 0) is 32.0 Å². The maximum Gasteiger partial charge on any atom is 0.232 e. The van der Waals surface area contributed by atoms with Crippen LogP contribution in [-0.2, 0) is 6.42 Å². The fraction of sp³-hybridized carbons (Fsp3) is 0.545. The molecule has 0 unspecified atom stereocenters. The molecule has 94 valence electrons. The van der Waals surface area contributed by atoms with Crippen LogP contribution in [0.15, 0.2) is 0 Å². The molecule has 6 heteroatoms. The van der Waals surface area contributed by atoms with E-state index in [-0.39, 0.29) is 5.11 Å². The molecule has 0 saturated heterocycles. The van der Waals surface area contributed by atoms with E-state index in [1.807, 2.05) is 6.92 Å². The summed E-state index contributed by atoms with van der Waals surface area (Å²) in [6.07, 6.45) is 3.12. The van der Waals surface area contributed by atoms with Crippen molar-refractivity contribution in [3.05, 3.63) is 11.3 Å². The topological polar surface area (TPSA) is 73.1 Å². The molecule has 1 aromatic rings. The number of hydrogen-bond acceptors (Lipinski definition) is 4. The lowest BCUT2D eigenvalue weighted by molar-refractivity contribution is 0.390. The predicted octanol–water partition coefficient (Wildman–Crippen LogP) is 1.79. The van der Waals surface area contributed by atoms with Crippen LogP contribution in [-0.4, -0.2) is 22.2 Å². The summed E-state index contributed by atoms with van der Waals surface area (Å²) in [4.78, 5) is 8.54. The van der Waals surface area contributed by atoms with E-state index in [0.29, 0.717) is 11.8 Å². The van der Waals surface area contributed by atoms with Gasteiger partial charge in [-0.1, -0.05) is 13.3 Å². The second kappa shape index (κ2) is 6.34. The molecule has 0 radical (unpaired) electrons. The van der Waals surface area contributed by atoms with Crippen molar-refractivity contribution >= 4 is 23.3 Å². The molecule has 17 heavy (non-hydrogen) atoms. The number of ether oxygens (including phenoxy) is 1. The molecule has 0 aliphatic rings. The van der Waals surface area contributed by atoms with E-state index in [1.165, 1.54) is 0 Å². The molecule has 0 atom stereocenters. The lowest BCUT2D eigenvalue weighted by Gasteiger charge is -2.12. The van der Waals surface area contributed by atoms with Crippen molar-refractivity contribution in [2.45, 2.75) is 33.1 Å². The second-order valence-corrected chi connectivity index (χ2v) is 4.15. The number of hydrogen-bond donors (Lipinski definition) is 2. The van der Waals surface area contributed by atoms with Crippen LogP contribution in [0.4, 0.5) is 5.95 Å². The van der Waals surface area contributed by atoms with Crippen molar-refractivity contribution in [2.24, 2.45) is 5.73 Å². The highest BCUT2D eigenvalue weighted by atomic mass is 32.1. The Labute approximate surface area is 107 Å². The molecule has 0 aliphatic heterocycles. The standard InChI is InChI=1S/C11H18N4OS/c1-4-5-6-8-7(2)13-11(15-10(12)17)14-9(8)16-3/h4-6H2,1-3H3,(H3,12,13,14,15,17). The Morgan fingerprint density at radius 3 is 2.71 bits per heavy atom. The summed E-state index contributed by atoms with van der Waals surface area (Å²) in [5.74, 6) is 0.969. The number of thiocarbonyl (C=S) groups is 1. The van der Waals surface area contributed by atoms with Gasteiger partial charge < -0.3 is 15.8 Å². The van der Waals surface area contributed by atoms with Gasteiger partial charge in [0, 0.05) is 11.3 Å². The molecule has 0 amide bonds. The van der Waals surface area contributed by atoms with Crippen molar-refractivity contribution in [1.29, 1.82) is 0 Å². The fourth-order valence-electron chi connectivity index (χ4n) is 1.55. The molecule has 1 aromatic heterocycles. The maximum absolute atomic E-state index is 5.38. The average molecular weight is 254 g/mol. The second-order valence-electron chi connectivity index (χ2n) is 3.71. The van der Waals surface area contributed by atoms with Crippen LogP contribution in [0, 0.1) is 6.92 Å². The Morgan fingerprint density at radius 2 is 2.18 bits per heavy atom. The molecule has 1 rings (SSSR count). The zero-order valence-corrected chi connectivity index (χ0v) is 11.2. The quantitative estimate of drug-likeness (QED) is 0.780. The van der Waals surface area contributed by atoms with Crippen molar-refractivity contribution < 1.29 is 4.74 Å². The first-order valence-corrected chi connectivity index (χ1v) is 5.97. The van der Waals surface area contributed by atoms with Crippen LogP contribution >= 0.6 is 12.2 Å². The Bertz CT molecular complexity index is 409. The summed E-state index contributed by atoms with van der Waals surface area (Å²) in [7, 11) is 1.60. The van der Waals surface area contributed by atoms with Crippen molar-refractivity contribution in [2.75, 3.05) is 12.4 Å². The van der Waals surface area contributed by atoms with E-state index in [1.54, 1.807) is 7.11 Å². The molecule has 3 N–H and O–H groups in total. The monoisotopic (exact) mass is 254 g/mol. The molecule has 0 aromatic carbocycles. The average Bonchev–Trinajstić information content (AvgIpc) is 2.26. The zero-order valence-electron chi connectivity index (χ0n) is 10.4. The Hall–Kier alpha value is -1.43. The Kier molecular flexibility index (Phi) is 5.09. The number of nitrogens with zero attached hydrogens (tertiary/aromatic N) is 2. The lowest BCUT2D eigenvalue weighted by Crippen LogP contribution is -2.21. The fourth-order valence-corrected chi connectivity index (χ4v) is 1.64. The SMILES string of the molecule is CCCCc1c(C)nc(NC(N)=S)nc1OC. The minimum absolute atomic E-state index is 0.146. The molecule has 0 bridgehead atoms. The smallest absolute Gasteiger partial charge is 0.232 e. The molecule has 0 fully saturated rings. The highest BCUT2D eigenvalue weighted by Gasteiger charge is 2.12. The van der Waals surface area contributed by atoms with Gasteiger partial charge in [0.05, 0.1) is 7.11 Å². The number of aryl methyl sites for hydroxylation is 1. The molecule has 5 nitrogen and oxygen atoms in total. The third-order valence-electron chi connectivity index (χ3n) is 2.38. The first-order chi connectivity index (χ1) is 8.08. The van der Waals surface area contributed by atoms with Gasteiger partial charge in [0.15, 0.2) is 5.11 Å². The molecule has 0 saturated carbocycles. The minimum Gasteiger partial charge on any atom is -0.481 e. The van der Waals surface area contributed by atoms with Gasteiger partial charge in [0.2, 0.25) is 11.8 Å². The molecule has 1 heterocycles. The highest BCUT2D eigenvalue weighted by Crippen LogP contribution is 2.22. The Balaban J connectivity index is 3.02. The van der Waals surface area contributed by atoms with Crippen LogP contribution in [0.3, 0.4) is 0 Å². The van der Waals surface area contributed by atoms with Gasteiger partial charge in [-0.15, -0.1) is 0 Å². The van der Waals surface area contributed by atoms with Gasteiger partial charge >= 0.3 is 0 Å². The molecular weight excluding hydrogens is 236 g/mol. The maximum atomic E-state index is 5.38.